The fourth-order valence-electron chi connectivity index (χ4n) is 3.81. The van der Waals surface area contributed by atoms with E-state index in [1.54, 1.807) is 7.11 Å². The molecule has 25 heavy (non-hydrogen) atoms. The fourth-order valence-corrected chi connectivity index (χ4v) is 3.81. The fraction of sp³-hybridized carbons (Fsp3) is 0.947. The Labute approximate surface area is 172 Å². The summed E-state index contributed by atoms with van der Waals surface area (Å²) < 4.78 is 5.28. The molecular formula is C19H41IN4O. The van der Waals surface area contributed by atoms with Crippen molar-refractivity contribution in [3.63, 3.8) is 0 Å². The SMILES string of the molecule is CCC(CC)C(CNC(=NC)NCC1(CCOC)CCC1)N(C)C.I. The normalized spacial score (nSPS) is 17.8. The summed E-state index contributed by atoms with van der Waals surface area (Å²) in [5.41, 5.74) is 0.407. The second-order valence-corrected chi connectivity index (χ2v) is 7.51. The number of rotatable bonds is 11. The predicted octanol–water partition coefficient (Wildman–Crippen LogP) is 3.34. The van der Waals surface area contributed by atoms with Crippen molar-refractivity contribution in [2.75, 3.05) is 47.9 Å². The molecular weight excluding hydrogens is 427 g/mol. The minimum atomic E-state index is 0. The Balaban J connectivity index is 0.00000576. The number of likely N-dealkylation sites (N-methyl/N-ethyl adjacent to an activating group) is 1. The van der Waals surface area contributed by atoms with Gasteiger partial charge in [-0.15, -0.1) is 24.0 Å². The Morgan fingerprint density at radius 1 is 1.20 bits per heavy atom. The van der Waals surface area contributed by atoms with E-state index < -0.39 is 0 Å². The molecule has 0 amide bonds. The molecule has 1 aliphatic rings. The van der Waals surface area contributed by atoms with Crippen LogP contribution in [-0.2, 0) is 4.74 Å². The van der Waals surface area contributed by atoms with Crippen LogP contribution in [0.3, 0.4) is 0 Å². The van der Waals surface area contributed by atoms with Gasteiger partial charge in [0, 0.05) is 39.9 Å². The van der Waals surface area contributed by atoms with Gasteiger partial charge in [-0.2, -0.15) is 0 Å². The molecule has 0 saturated heterocycles. The van der Waals surface area contributed by atoms with Crippen molar-refractivity contribution < 1.29 is 4.74 Å². The number of nitrogens with zero attached hydrogens (tertiary/aromatic N) is 2. The molecule has 150 valence electrons. The number of hydrogen-bond donors (Lipinski definition) is 2. The van der Waals surface area contributed by atoms with Crippen molar-refractivity contribution in [2.24, 2.45) is 16.3 Å². The van der Waals surface area contributed by atoms with Gasteiger partial charge in [0.15, 0.2) is 5.96 Å². The monoisotopic (exact) mass is 468 g/mol. The van der Waals surface area contributed by atoms with Crippen molar-refractivity contribution in [3.05, 3.63) is 0 Å². The Morgan fingerprint density at radius 3 is 2.24 bits per heavy atom. The van der Waals surface area contributed by atoms with Crippen molar-refractivity contribution in [3.8, 4) is 0 Å². The van der Waals surface area contributed by atoms with E-state index >= 15 is 0 Å². The molecule has 0 bridgehead atoms. The molecule has 0 spiro atoms. The number of halogens is 1. The summed E-state index contributed by atoms with van der Waals surface area (Å²) in [5.74, 6) is 1.64. The van der Waals surface area contributed by atoms with Crippen molar-refractivity contribution >= 4 is 29.9 Å². The van der Waals surface area contributed by atoms with Crippen molar-refractivity contribution in [2.45, 2.75) is 58.4 Å². The third-order valence-corrected chi connectivity index (χ3v) is 5.84. The van der Waals surface area contributed by atoms with Crippen molar-refractivity contribution in [1.82, 2.24) is 15.5 Å². The molecule has 1 saturated carbocycles. The van der Waals surface area contributed by atoms with Crippen LogP contribution in [-0.4, -0.2) is 64.9 Å². The lowest BCUT2D eigenvalue weighted by Crippen LogP contribution is -2.51. The zero-order valence-corrected chi connectivity index (χ0v) is 19.6. The molecule has 0 radical (unpaired) electrons. The minimum absolute atomic E-state index is 0. The zero-order valence-electron chi connectivity index (χ0n) is 17.2. The lowest BCUT2D eigenvalue weighted by atomic mass is 9.67. The number of methoxy groups -OCH3 is 1. The van der Waals surface area contributed by atoms with E-state index in [1.165, 1.54) is 32.1 Å². The number of aliphatic imine (C=N–C) groups is 1. The lowest BCUT2D eigenvalue weighted by molar-refractivity contribution is 0.0732. The maximum atomic E-state index is 5.28. The highest BCUT2D eigenvalue weighted by Gasteiger charge is 2.36. The molecule has 0 aromatic heterocycles. The number of hydrogen-bond acceptors (Lipinski definition) is 3. The molecule has 1 rings (SSSR count). The number of nitrogens with one attached hydrogen (secondary N) is 2. The highest BCUT2D eigenvalue weighted by atomic mass is 127. The van der Waals surface area contributed by atoms with Gasteiger partial charge >= 0.3 is 0 Å². The summed E-state index contributed by atoms with van der Waals surface area (Å²) in [4.78, 5) is 6.75. The third kappa shape index (κ3) is 7.99. The minimum Gasteiger partial charge on any atom is -0.385 e. The molecule has 2 N–H and O–H groups in total. The first-order chi connectivity index (χ1) is 11.5. The van der Waals surface area contributed by atoms with Crippen LogP contribution in [0.4, 0.5) is 0 Å². The highest BCUT2D eigenvalue weighted by Crippen LogP contribution is 2.43. The zero-order chi connectivity index (χ0) is 18.0. The summed E-state index contributed by atoms with van der Waals surface area (Å²) in [6.45, 7) is 7.35. The highest BCUT2D eigenvalue weighted by molar-refractivity contribution is 14.0. The van der Waals surface area contributed by atoms with E-state index in [2.05, 4.69) is 48.5 Å². The van der Waals surface area contributed by atoms with Crippen LogP contribution in [0.5, 0.6) is 0 Å². The molecule has 6 heteroatoms. The molecule has 5 nitrogen and oxygen atoms in total. The van der Waals surface area contributed by atoms with Gasteiger partial charge in [-0.05, 0) is 44.7 Å². The molecule has 0 heterocycles. The molecule has 0 aromatic carbocycles. The number of guanidine groups is 1. The van der Waals surface area contributed by atoms with Gasteiger partial charge in [0.2, 0.25) is 0 Å². The average Bonchev–Trinajstić information content (AvgIpc) is 2.54. The van der Waals surface area contributed by atoms with Gasteiger partial charge in [0.1, 0.15) is 0 Å². The lowest BCUT2D eigenvalue weighted by Gasteiger charge is -2.42. The van der Waals surface area contributed by atoms with Crippen LogP contribution in [0.2, 0.25) is 0 Å². The van der Waals surface area contributed by atoms with Crippen molar-refractivity contribution in [1.29, 1.82) is 0 Å². The Morgan fingerprint density at radius 2 is 1.84 bits per heavy atom. The summed E-state index contributed by atoms with van der Waals surface area (Å²) >= 11 is 0. The summed E-state index contributed by atoms with van der Waals surface area (Å²) in [7, 11) is 8.00. The molecule has 0 aromatic rings. The van der Waals surface area contributed by atoms with Gasteiger partial charge in [-0.3, -0.25) is 4.99 Å². The van der Waals surface area contributed by atoms with E-state index in [4.69, 9.17) is 4.74 Å². The maximum Gasteiger partial charge on any atom is 0.191 e. The molecule has 1 fully saturated rings. The van der Waals surface area contributed by atoms with Gasteiger partial charge in [0.05, 0.1) is 0 Å². The van der Waals surface area contributed by atoms with Crippen LogP contribution in [0.1, 0.15) is 52.4 Å². The van der Waals surface area contributed by atoms with E-state index in [0.29, 0.717) is 17.4 Å². The quantitative estimate of drug-likeness (QED) is 0.278. The van der Waals surface area contributed by atoms with Crippen LogP contribution in [0.25, 0.3) is 0 Å². The standard InChI is InChI=1S/C19H40N4O.HI/c1-7-16(8-2)17(23(4)5)14-21-18(20-3)22-15-19(10-9-11-19)12-13-24-6;/h16-17H,7-15H2,1-6H3,(H2,20,21,22);1H. The van der Waals surface area contributed by atoms with Crippen LogP contribution < -0.4 is 10.6 Å². The first-order valence-electron chi connectivity index (χ1n) is 9.61. The first kappa shape index (κ1) is 24.9. The first-order valence-corrected chi connectivity index (χ1v) is 9.61. The van der Waals surface area contributed by atoms with E-state index in [0.717, 1.165) is 32.1 Å². The van der Waals surface area contributed by atoms with Gasteiger partial charge in [0.25, 0.3) is 0 Å². The molecule has 1 unspecified atom stereocenters. The average molecular weight is 468 g/mol. The Bertz CT molecular complexity index is 368. The molecule has 1 atom stereocenters. The Hall–Kier alpha value is -0.0800. The second kappa shape index (κ2) is 13.1. The summed E-state index contributed by atoms with van der Waals surface area (Å²) in [6.07, 6.45) is 7.51. The summed E-state index contributed by atoms with van der Waals surface area (Å²) in [5, 5.41) is 7.10. The van der Waals surface area contributed by atoms with Gasteiger partial charge < -0.3 is 20.3 Å². The van der Waals surface area contributed by atoms with Crippen LogP contribution in [0, 0.1) is 11.3 Å². The van der Waals surface area contributed by atoms with Gasteiger partial charge in [-0.25, -0.2) is 0 Å². The maximum absolute atomic E-state index is 5.28. The van der Waals surface area contributed by atoms with E-state index in [-0.39, 0.29) is 24.0 Å². The Kier molecular flexibility index (Phi) is 13.1. The smallest absolute Gasteiger partial charge is 0.191 e. The van der Waals surface area contributed by atoms with Crippen LogP contribution in [0.15, 0.2) is 4.99 Å². The largest absolute Gasteiger partial charge is 0.385 e. The predicted molar refractivity (Wildman–Crippen MR) is 119 cm³/mol. The molecule has 0 aliphatic heterocycles. The topological polar surface area (TPSA) is 48.9 Å². The third-order valence-electron chi connectivity index (χ3n) is 5.84. The van der Waals surface area contributed by atoms with Gasteiger partial charge in [-0.1, -0.05) is 33.1 Å². The number of ether oxygens (including phenoxy) is 1. The molecule has 1 aliphatic carbocycles. The summed E-state index contributed by atoms with van der Waals surface area (Å²) in [6, 6.07) is 0.532. The van der Waals surface area contributed by atoms with Crippen LogP contribution >= 0.6 is 24.0 Å². The second-order valence-electron chi connectivity index (χ2n) is 7.51. The van der Waals surface area contributed by atoms with E-state index in [9.17, 15) is 0 Å². The van der Waals surface area contributed by atoms with E-state index in [1.807, 2.05) is 7.05 Å².